The van der Waals surface area contributed by atoms with Crippen LogP contribution >= 0.6 is 0 Å². The summed E-state index contributed by atoms with van der Waals surface area (Å²) in [6.07, 6.45) is 8.50. The molecule has 0 saturated carbocycles. The molecule has 3 aliphatic rings. The van der Waals surface area contributed by atoms with Gasteiger partial charge in [-0.25, -0.2) is 0 Å². The molecular weight excluding hydrogens is 372 g/mol. The summed E-state index contributed by atoms with van der Waals surface area (Å²) < 4.78 is 6.01. The van der Waals surface area contributed by atoms with Crippen LogP contribution in [0.1, 0.15) is 41.6 Å². The van der Waals surface area contributed by atoms with Gasteiger partial charge in [-0.2, -0.15) is 0 Å². The molecule has 0 radical (unpaired) electrons. The Labute approximate surface area is 168 Å². The van der Waals surface area contributed by atoms with E-state index in [1.807, 2.05) is 18.2 Å². The van der Waals surface area contributed by atoms with E-state index in [-0.39, 0.29) is 24.3 Å². The Morgan fingerprint density at radius 2 is 2.10 bits per heavy atom. The number of amides is 3. The molecule has 1 N–H and O–H groups in total. The van der Waals surface area contributed by atoms with Crippen molar-refractivity contribution in [3.05, 3.63) is 53.1 Å². The highest BCUT2D eigenvalue weighted by molar-refractivity contribution is 6.04. The van der Waals surface area contributed by atoms with Crippen molar-refractivity contribution in [1.82, 2.24) is 10.2 Å². The fourth-order valence-electron chi connectivity index (χ4n) is 3.97. The molecule has 1 saturated heterocycles. The zero-order valence-electron chi connectivity index (χ0n) is 15.9. The van der Waals surface area contributed by atoms with Gasteiger partial charge in [0.1, 0.15) is 18.1 Å². The lowest BCUT2D eigenvalue weighted by Crippen LogP contribution is -2.46. The van der Waals surface area contributed by atoms with E-state index in [4.69, 9.17) is 4.74 Å². The van der Waals surface area contributed by atoms with Gasteiger partial charge in [-0.05, 0) is 31.4 Å². The maximum absolute atomic E-state index is 12.9. The van der Waals surface area contributed by atoms with Crippen LogP contribution in [0, 0.1) is 5.92 Å². The third kappa shape index (κ3) is 3.85. The van der Waals surface area contributed by atoms with E-state index in [1.165, 1.54) is 4.90 Å². The van der Waals surface area contributed by atoms with Gasteiger partial charge in [-0.15, -0.1) is 0 Å². The van der Waals surface area contributed by atoms with Crippen LogP contribution in [0.25, 0.3) is 0 Å². The monoisotopic (exact) mass is 394 g/mol. The number of carbonyl (C=O) groups excluding carboxylic acids is 4. The molecule has 2 heterocycles. The normalized spacial score (nSPS) is 23.9. The molecule has 150 valence electrons. The number of imide groups is 1. The van der Waals surface area contributed by atoms with Gasteiger partial charge in [0.05, 0.1) is 13.2 Å². The molecule has 1 aliphatic carbocycles. The minimum Gasteiger partial charge on any atom is -0.493 e. The SMILES string of the molecule is O=CC1=CCC(COc2cccc3c2CN([C@H]2CCCC(=O)NC2=O)C3=O)C=C1. The number of benzene rings is 1. The van der Waals surface area contributed by atoms with E-state index in [2.05, 4.69) is 5.32 Å². The molecule has 1 aromatic carbocycles. The maximum Gasteiger partial charge on any atom is 0.255 e. The number of aldehydes is 1. The minimum atomic E-state index is -0.651. The second-order valence-electron chi connectivity index (χ2n) is 7.52. The highest BCUT2D eigenvalue weighted by atomic mass is 16.5. The molecule has 0 aromatic heterocycles. The molecule has 2 atom stereocenters. The van der Waals surface area contributed by atoms with Crippen LogP contribution in [0.3, 0.4) is 0 Å². The largest absolute Gasteiger partial charge is 0.493 e. The van der Waals surface area contributed by atoms with E-state index >= 15 is 0 Å². The molecule has 1 fully saturated rings. The van der Waals surface area contributed by atoms with Crippen molar-refractivity contribution >= 4 is 24.0 Å². The number of hydrogen-bond donors (Lipinski definition) is 1. The Morgan fingerprint density at radius 3 is 2.86 bits per heavy atom. The van der Waals surface area contributed by atoms with Crippen molar-refractivity contribution in [3.63, 3.8) is 0 Å². The molecule has 4 rings (SSSR count). The first-order valence-electron chi connectivity index (χ1n) is 9.79. The lowest BCUT2D eigenvalue weighted by molar-refractivity contribution is -0.132. The van der Waals surface area contributed by atoms with Crippen LogP contribution in [0.2, 0.25) is 0 Å². The highest BCUT2D eigenvalue weighted by Crippen LogP contribution is 2.34. The van der Waals surface area contributed by atoms with Gasteiger partial charge in [-0.3, -0.25) is 24.5 Å². The third-order valence-electron chi connectivity index (χ3n) is 5.58. The Hall–Kier alpha value is -3.22. The first-order valence-corrected chi connectivity index (χ1v) is 9.79. The Morgan fingerprint density at radius 1 is 1.24 bits per heavy atom. The Kier molecular flexibility index (Phi) is 5.29. The summed E-state index contributed by atoms with van der Waals surface area (Å²) >= 11 is 0. The number of rotatable bonds is 5. The molecule has 0 spiro atoms. The van der Waals surface area contributed by atoms with Gasteiger partial charge in [-0.1, -0.05) is 24.3 Å². The molecule has 29 heavy (non-hydrogen) atoms. The summed E-state index contributed by atoms with van der Waals surface area (Å²) in [4.78, 5) is 49.2. The van der Waals surface area contributed by atoms with Crippen LogP contribution in [0.5, 0.6) is 5.75 Å². The Balaban J connectivity index is 1.47. The average molecular weight is 394 g/mol. The number of ether oxygens (including phenoxy) is 1. The van der Waals surface area contributed by atoms with E-state index in [9.17, 15) is 19.2 Å². The number of nitrogens with zero attached hydrogens (tertiary/aromatic N) is 1. The zero-order chi connectivity index (χ0) is 20.4. The van der Waals surface area contributed by atoms with Crippen LogP contribution < -0.4 is 10.1 Å². The summed E-state index contributed by atoms with van der Waals surface area (Å²) in [7, 11) is 0. The van der Waals surface area contributed by atoms with Gasteiger partial charge < -0.3 is 9.64 Å². The summed E-state index contributed by atoms with van der Waals surface area (Å²) in [6.45, 7) is 0.717. The van der Waals surface area contributed by atoms with E-state index in [0.29, 0.717) is 42.8 Å². The smallest absolute Gasteiger partial charge is 0.255 e. The number of nitrogens with one attached hydrogen (secondary N) is 1. The Bertz CT molecular complexity index is 933. The molecule has 0 bridgehead atoms. The average Bonchev–Trinajstić information content (AvgIpc) is 2.96. The van der Waals surface area contributed by atoms with Crippen molar-refractivity contribution in [2.75, 3.05) is 6.61 Å². The van der Waals surface area contributed by atoms with E-state index in [1.54, 1.807) is 18.2 Å². The number of fused-ring (bicyclic) bond motifs is 1. The van der Waals surface area contributed by atoms with E-state index in [0.717, 1.165) is 18.3 Å². The molecule has 1 aromatic rings. The first kappa shape index (κ1) is 19.1. The summed E-state index contributed by atoms with van der Waals surface area (Å²) in [5, 5.41) is 2.37. The van der Waals surface area contributed by atoms with E-state index < -0.39 is 11.9 Å². The predicted molar refractivity (Wildman–Crippen MR) is 104 cm³/mol. The molecule has 7 heteroatoms. The van der Waals surface area contributed by atoms with Crippen molar-refractivity contribution in [2.45, 2.75) is 38.3 Å². The molecular formula is C22H22N2O5. The fourth-order valence-corrected chi connectivity index (χ4v) is 3.97. The van der Waals surface area contributed by atoms with Crippen LogP contribution in [-0.4, -0.2) is 41.6 Å². The van der Waals surface area contributed by atoms with Crippen molar-refractivity contribution in [2.24, 2.45) is 5.92 Å². The second-order valence-corrected chi connectivity index (χ2v) is 7.52. The number of allylic oxidation sites excluding steroid dienone is 3. The number of hydrogen-bond acceptors (Lipinski definition) is 5. The third-order valence-corrected chi connectivity index (χ3v) is 5.58. The minimum absolute atomic E-state index is 0.154. The lowest BCUT2D eigenvalue weighted by Gasteiger charge is -2.25. The molecule has 3 amide bonds. The summed E-state index contributed by atoms with van der Waals surface area (Å²) in [5.74, 6) is -0.140. The van der Waals surface area contributed by atoms with Crippen LogP contribution in [0.4, 0.5) is 0 Å². The van der Waals surface area contributed by atoms with Crippen molar-refractivity contribution in [1.29, 1.82) is 0 Å². The summed E-state index contributed by atoms with van der Waals surface area (Å²) in [5.41, 5.74) is 1.97. The highest BCUT2D eigenvalue weighted by Gasteiger charge is 2.39. The van der Waals surface area contributed by atoms with Crippen LogP contribution in [-0.2, 0) is 20.9 Å². The maximum atomic E-state index is 12.9. The topological polar surface area (TPSA) is 92.8 Å². The fraction of sp³-hybridized carbons (Fsp3) is 0.364. The van der Waals surface area contributed by atoms with Crippen molar-refractivity contribution < 1.29 is 23.9 Å². The van der Waals surface area contributed by atoms with Gasteiger partial charge >= 0.3 is 0 Å². The van der Waals surface area contributed by atoms with Crippen LogP contribution in [0.15, 0.2) is 42.0 Å². The molecule has 1 unspecified atom stereocenters. The standard InChI is InChI=1S/C22H22N2O5/c25-12-14-7-9-15(10-8-14)13-29-19-5-1-3-16-17(19)11-24(22(16)28)18-4-2-6-20(26)23-21(18)27/h1,3,5,7-9,12,15,18H,2,4,6,10-11,13H2,(H,23,26,27)/t15?,18-/m0/s1. The lowest BCUT2D eigenvalue weighted by atomic mass is 9.98. The zero-order valence-corrected chi connectivity index (χ0v) is 15.9. The summed E-state index contributed by atoms with van der Waals surface area (Å²) in [6, 6.07) is 4.69. The quantitative estimate of drug-likeness (QED) is 0.608. The van der Waals surface area contributed by atoms with Gasteiger partial charge in [0, 0.05) is 29.0 Å². The molecule has 2 aliphatic heterocycles. The van der Waals surface area contributed by atoms with Crippen molar-refractivity contribution in [3.8, 4) is 5.75 Å². The first-order chi connectivity index (χ1) is 14.1. The molecule has 7 nitrogen and oxygen atoms in total. The second kappa shape index (κ2) is 8.03. The van der Waals surface area contributed by atoms with Gasteiger partial charge in [0.15, 0.2) is 0 Å². The van der Waals surface area contributed by atoms with Gasteiger partial charge in [0.25, 0.3) is 5.91 Å². The predicted octanol–water partition coefficient (Wildman–Crippen LogP) is 1.92. The van der Waals surface area contributed by atoms with Gasteiger partial charge in [0.2, 0.25) is 11.8 Å². The number of carbonyl (C=O) groups is 4.